The first-order valence-corrected chi connectivity index (χ1v) is 9.07. The van der Waals surface area contributed by atoms with Gasteiger partial charge in [-0.05, 0) is 63.3 Å². The van der Waals surface area contributed by atoms with Gasteiger partial charge < -0.3 is 5.73 Å². The number of hydrogen-bond donors (Lipinski definition) is 1. The molecule has 3 nitrogen and oxygen atoms in total. The van der Waals surface area contributed by atoms with E-state index in [1.807, 2.05) is 18.3 Å². The highest BCUT2D eigenvalue weighted by atomic mass is 15.2. The van der Waals surface area contributed by atoms with Crippen LogP contribution in [0.15, 0.2) is 42.6 Å². The Kier molecular flexibility index (Phi) is 5.32. The van der Waals surface area contributed by atoms with Gasteiger partial charge in [0.05, 0.1) is 5.69 Å². The molecule has 2 aromatic rings. The minimum Gasteiger partial charge on any atom is -0.328 e. The molecule has 3 heteroatoms. The molecule has 0 saturated carbocycles. The summed E-state index contributed by atoms with van der Waals surface area (Å²) in [6.07, 6.45) is 5.17. The predicted molar refractivity (Wildman–Crippen MR) is 101 cm³/mol. The zero-order chi connectivity index (χ0) is 17.1. The highest BCUT2D eigenvalue weighted by Gasteiger charge is 2.28. The fourth-order valence-electron chi connectivity index (χ4n) is 4.07. The maximum absolute atomic E-state index is 6.14. The highest BCUT2D eigenvalue weighted by Crippen LogP contribution is 2.24. The van der Waals surface area contributed by atoms with Crippen molar-refractivity contribution in [3.8, 4) is 11.3 Å². The van der Waals surface area contributed by atoms with Gasteiger partial charge in [-0.1, -0.05) is 24.3 Å². The number of piperidine rings is 1. The number of likely N-dealkylation sites (tertiary alicyclic amines) is 1. The molecule has 1 aromatic carbocycles. The monoisotopic (exact) mass is 323 g/mol. The van der Waals surface area contributed by atoms with Crippen molar-refractivity contribution in [3.63, 3.8) is 0 Å². The second-order valence-electron chi connectivity index (χ2n) is 7.28. The second kappa shape index (κ2) is 7.45. The molecule has 2 N–H and O–H groups in total. The van der Waals surface area contributed by atoms with E-state index in [2.05, 4.69) is 54.9 Å². The first-order chi connectivity index (χ1) is 11.5. The largest absolute Gasteiger partial charge is 0.328 e. The summed E-state index contributed by atoms with van der Waals surface area (Å²) in [4.78, 5) is 7.08. The Morgan fingerprint density at radius 2 is 1.88 bits per heavy atom. The minimum atomic E-state index is 0.367. The third-order valence-corrected chi connectivity index (χ3v) is 5.31. The average Bonchev–Trinajstić information content (AvgIpc) is 2.55. The Morgan fingerprint density at radius 3 is 2.50 bits per heavy atom. The molecule has 0 amide bonds. The van der Waals surface area contributed by atoms with Crippen LogP contribution in [0.25, 0.3) is 11.3 Å². The molecule has 128 valence electrons. The normalized spacial score (nSPS) is 24.9. The zero-order valence-electron chi connectivity index (χ0n) is 15.1. The van der Waals surface area contributed by atoms with E-state index < -0.39 is 0 Å². The van der Waals surface area contributed by atoms with Crippen LogP contribution in [0.1, 0.15) is 37.8 Å². The summed E-state index contributed by atoms with van der Waals surface area (Å²) in [5.41, 5.74) is 11.1. The van der Waals surface area contributed by atoms with Crippen molar-refractivity contribution in [3.05, 3.63) is 53.7 Å². The summed E-state index contributed by atoms with van der Waals surface area (Å²) in [5.74, 6) is 0. The highest BCUT2D eigenvalue weighted by molar-refractivity contribution is 5.63. The Morgan fingerprint density at radius 1 is 1.12 bits per heavy atom. The molecule has 0 spiro atoms. The summed E-state index contributed by atoms with van der Waals surface area (Å²) in [7, 11) is 0. The van der Waals surface area contributed by atoms with Crippen LogP contribution in [0.4, 0.5) is 0 Å². The number of hydrogen-bond acceptors (Lipinski definition) is 3. The van der Waals surface area contributed by atoms with Gasteiger partial charge in [0.2, 0.25) is 0 Å². The van der Waals surface area contributed by atoms with Crippen LogP contribution in [-0.4, -0.2) is 34.6 Å². The summed E-state index contributed by atoms with van der Waals surface area (Å²) in [6.45, 7) is 7.91. The smallest absolute Gasteiger partial charge is 0.0704 e. The third kappa shape index (κ3) is 3.85. The number of aryl methyl sites for hydroxylation is 1. The molecule has 1 aliphatic rings. The van der Waals surface area contributed by atoms with Crippen LogP contribution in [0.2, 0.25) is 0 Å². The van der Waals surface area contributed by atoms with Crippen molar-refractivity contribution in [2.75, 3.05) is 6.54 Å². The molecule has 2 heterocycles. The van der Waals surface area contributed by atoms with Crippen molar-refractivity contribution in [1.29, 1.82) is 0 Å². The molecule has 2 unspecified atom stereocenters. The molecule has 0 aliphatic carbocycles. The maximum atomic E-state index is 6.14. The Bertz CT molecular complexity index is 656. The molecule has 1 aromatic heterocycles. The number of rotatable bonds is 4. The van der Waals surface area contributed by atoms with E-state index in [0.717, 1.165) is 31.5 Å². The predicted octanol–water partition coefficient (Wildman–Crippen LogP) is 3.80. The van der Waals surface area contributed by atoms with Gasteiger partial charge >= 0.3 is 0 Å². The van der Waals surface area contributed by atoms with Gasteiger partial charge in [-0.15, -0.1) is 0 Å². The van der Waals surface area contributed by atoms with E-state index in [-0.39, 0.29) is 0 Å². The van der Waals surface area contributed by atoms with E-state index in [9.17, 15) is 0 Å². The summed E-state index contributed by atoms with van der Waals surface area (Å²) >= 11 is 0. The quantitative estimate of drug-likeness (QED) is 0.930. The molecule has 2 atom stereocenters. The molecule has 1 aliphatic heterocycles. The van der Waals surface area contributed by atoms with Crippen LogP contribution >= 0.6 is 0 Å². The van der Waals surface area contributed by atoms with Crippen molar-refractivity contribution in [1.82, 2.24) is 9.88 Å². The lowest BCUT2D eigenvalue weighted by Crippen LogP contribution is -2.51. The zero-order valence-corrected chi connectivity index (χ0v) is 15.1. The second-order valence-corrected chi connectivity index (χ2v) is 7.28. The van der Waals surface area contributed by atoms with Crippen LogP contribution in [-0.2, 0) is 6.42 Å². The molecule has 24 heavy (non-hydrogen) atoms. The Labute approximate surface area is 145 Å². The van der Waals surface area contributed by atoms with Gasteiger partial charge in [-0.2, -0.15) is 0 Å². The van der Waals surface area contributed by atoms with Gasteiger partial charge in [0.1, 0.15) is 0 Å². The third-order valence-electron chi connectivity index (χ3n) is 5.31. The molecule has 0 radical (unpaired) electrons. The van der Waals surface area contributed by atoms with Crippen LogP contribution in [0.3, 0.4) is 0 Å². The lowest BCUT2D eigenvalue weighted by Gasteiger charge is -2.41. The van der Waals surface area contributed by atoms with Gasteiger partial charge in [-0.25, -0.2) is 0 Å². The fourth-order valence-corrected chi connectivity index (χ4v) is 4.07. The SMILES string of the molecule is Cc1cc(CCN2C(C)CC(N)CC2C)ccc1-c1ccccn1. The first-order valence-electron chi connectivity index (χ1n) is 9.07. The summed E-state index contributed by atoms with van der Waals surface area (Å²) < 4.78 is 0. The molecule has 0 bridgehead atoms. The van der Waals surface area contributed by atoms with Crippen molar-refractivity contribution >= 4 is 0 Å². The number of aromatic nitrogens is 1. The Hall–Kier alpha value is -1.71. The lowest BCUT2D eigenvalue weighted by molar-refractivity contribution is 0.0936. The molecule has 1 fully saturated rings. The van der Waals surface area contributed by atoms with Gasteiger partial charge in [0, 0.05) is 36.4 Å². The standard InChI is InChI=1S/C21H29N3/c1-15-12-18(7-8-20(15)21-6-4-5-10-23-21)9-11-24-16(2)13-19(22)14-17(24)3/h4-8,10,12,16-17,19H,9,11,13-14,22H2,1-3H3. The molecule has 1 saturated heterocycles. The number of nitrogens with two attached hydrogens (primary N) is 1. The minimum absolute atomic E-state index is 0.367. The van der Waals surface area contributed by atoms with Crippen LogP contribution < -0.4 is 5.73 Å². The van der Waals surface area contributed by atoms with E-state index >= 15 is 0 Å². The van der Waals surface area contributed by atoms with Crippen molar-refractivity contribution in [2.24, 2.45) is 5.73 Å². The van der Waals surface area contributed by atoms with Crippen molar-refractivity contribution < 1.29 is 0 Å². The number of nitrogens with zero attached hydrogens (tertiary/aromatic N) is 2. The molecule has 3 rings (SSSR count). The number of pyridine rings is 1. The van der Waals surface area contributed by atoms with E-state index in [0.29, 0.717) is 18.1 Å². The van der Waals surface area contributed by atoms with Crippen LogP contribution in [0, 0.1) is 6.92 Å². The fraction of sp³-hybridized carbons (Fsp3) is 0.476. The van der Waals surface area contributed by atoms with Crippen LogP contribution in [0.5, 0.6) is 0 Å². The van der Waals surface area contributed by atoms with Gasteiger partial charge in [0.15, 0.2) is 0 Å². The summed E-state index contributed by atoms with van der Waals surface area (Å²) in [6, 6.07) is 14.4. The first kappa shape index (κ1) is 17.1. The van der Waals surface area contributed by atoms with Gasteiger partial charge in [-0.3, -0.25) is 9.88 Å². The Balaban J connectivity index is 1.67. The topological polar surface area (TPSA) is 42.1 Å². The van der Waals surface area contributed by atoms with Crippen molar-refractivity contribution in [2.45, 2.75) is 58.2 Å². The molecular formula is C21H29N3. The van der Waals surface area contributed by atoms with Gasteiger partial charge in [0.25, 0.3) is 0 Å². The van der Waals surface area contributed by atoms with E-state index in [4.69, 9.17) is 5.73 Å². The van der Waals surface area contributed by atoms with E-state index in [1.54, 1.807) is 0 Å². The maximum Gasteiger partial charge on any atom is 0.0704 e. The number of benzene rings is 1. The van der Waals surface area contributed by atoms with E-state index in [1.165, 1.54) is 16.7 Å². The molecular weight excluding hydrogens is 294 g/mol. The lowest BCUT2D eigenvalue weighted by atomic mass is 9.92. The average molecular weight is 323 g/mol. The summed E-state index contributed by atoms with van der Waals surface area (Å²) in [5, 5.41) is 0.